The number of piperidine rings is 1. The molecule has 10 heteroatoms. The minimum absolute atomic E-state index is 0.0920. The topological polar surface area (TPSA) is 127 Å². The molecule has 33 heavy (non-hydrogen) atoms. The number of aromatic amines is 1. The molecule has 1 saturated heterocycles. The summed E-state index contributed by atoms with van der Waals surface area (Å²) >= 11 is 0. The summed E-state index contributed by atoms with van der Waals surface area (Å²) in [5.41, 5.74) is 9.91. The number of nitrogens with two attached hydrogens (primary N) is 1. The van der Waals surface area contributed by atoms with Gasteiger partial charge in [-0.15, -0.1) is 0 Å². The lowest BCUT2D eigenvalue weighted by atomic mass is 10.0. The lowest BCUT2D eigenvalue weighted by Crippen LogP contribution is -2.43. The summed E-state index contributed by atoms with van der Waals surface area (Å²) in [6.07, 6.45) is 12.2. The van der Waals surface area contributed by atoms with Crippen molar-refractivity contribution in [1.29, 1.82) is 0 Å². The number of methoxy groups -OCH3 is 1. The number of hydrogen-bond donors (Lipinski definition) is 3. The Labute approximate surface area is 190 Å². The number of carbonyl (C=O) groups excluding carboxylic acids is 1. The second kappa shape index (κ2) is 8.91. The van der Waals surface area contributed by atoms with E-state index in [2.05, 4.69) is 30.3 Å². The second-order valence-corrected chi connectivity index (χ2v) is 8.19. The Kier molecular flexibility index (Phi) is 5.66. The Balaban J connectivity index is 1.43. The maximum atomic E-state index is 13.0. The molecule has 1 fully saturated rings. The van der Waals surface area contributed by atoms with Crippen molar-refractivity contribution < 1.29 is 9.53 Å². The molecule has 1 amide bonds. The number of rotatable bonds is 6. The molecule has 0 spiro atoms. The average Bonchev–Trinajstić information content (AvgIpc) is 3.46. The molecule has 0 saturated carbocycles. The molecule has 0 bridgehead atoms. The van der Waals surface area contributed by atoms with Crippen molar-refractivity contribution >= 4 is 28.3 Å². The van der Waals surface area contributed by atoms with Gasteiger partial charge in [0.05, 0.1) is 48.4 Å². The van der Waals surface area contributed by atoms with E-state index in [0.717, 1.165) is 42.6 Å². The molecule has 1 aliphatic rings. The summed E-state index contributed by atoms with van der Waals surface area (Å²) in [5.74, 6) is 0.397. The number of H-pyrrole nitrogens is 1. The van der Waals surface area contributed by atoms with Crippen LogP contribution in [0.25, 0.3) is 11.0 Å². The van der Waals surface area contributed by atoms with Crippen molar-refractivity contribution in [3.05, 3.63) is 60.4 Å². The van der Waals surface area contributed by atoms with E-state index in [0.29, 0.717) is 29.2 Å². The van der Waals surface area contributed by atoms with E-state index >= 15 is 0 Å². The maximum Gasteiger partial charge on any atom is 0.258 e. The highest BCUT2D eigenvalue weighted by Crippen LogP contribution is 2.40. The van der Waals surface area contributed by atoms with Gasteiger partial charge in [0.25, 0.3) is 5.91 Å². The van der Waals surface area contributed by atoms with Gasteiger partial charge in [0.1, 0.15) is 5.65 Å². The lowest BCUT2D eigenvalue weighted by molar-refractivity contribution is 0.102. The fraction of sp³-hybridized carbons (Fsp3) is 0.304. The summed E-state index contributed by atoms with van der Waals surface area (Å²) < 4.78 is 7.34. The summed E-state index contributed by atoms with van der Waals surface area (Å²) in [6.45, 7) is 2.12. The third-order valence-corrected chi connectivity index (χ3v) is 5.85. The van der Waals surface area contributed by atoms with Crippen LogP contribution in [0.5, 0.6) is 5.75 Å². The lowest BCUT2D eigenvalue weighted by Gasteiger charge is -2.34. The van der Waals surface area contributed by atoms with Crippen molar-refractivity contribution in [3.63, 3.8) is 0 Å². The first-order valence-electron chi connectivity index (χ1n) is 10.9. The van der Waals surface area contributed by atoms with Gasteiger partial charge in [0, 0.05) is 43.9 Å². The molecule has 170 valence electrons. The molecular formula is C23H26N8O2. The molecule has 1 aliphatic heterocycles. The molecular weight excluding hydrogens is 420 g/mol. The first kappa shape index (κ1) is 21.0. The predicted octanol–water partition coefficient (Wildman–Crippen LogP) is 2.39. The van der Waals surface area contributed by atoms with E-state index in [1.54, 1.807) is 49.0 Å². The first-order valence-corrected chi connectivity index (χ1v) is 10.9. The van der Waals surface area contributed by atoms with E-state index in [1.807, 2.05) is 12.1 Å². The van der Waals surface area contributed by atoms with Crippen LogP contribution in [0.4, 0.5) is 11.4 Å². The molecule has 5 heterocycles. The quantitative estimate of drug-likeness (QED) is 0.415. The van der Waals surface area contributed by atoms with Crippen LogP contribution in [0.1, 0.15) is 28.8 Å². The largest absolute Gasteiger partial charge is 0.493 e. The molecule has 4 aromatic rings. The van der Waals surface area contributed by atoms with Gasteiger partial charge in [-0.25, -0.2) is 4.98 Å². The van der Waals surface area contributed by atoms with Crippen molar-refractivity contribution in [2.75, 3.05) is 30.4 Å². The molecule has 0 aliphatic carbocycles. The molecule has 10 nitrogen and oxygen atoms in total. The number of fused-ring (bicyclic) bond motifs is 1. The Hall–Kier alpha value is -3.92. The van der Waals surface area contributed by atoms with Crippen molar-refractivity contribution in [2.24, 2.45) is 5.73 Å². The zero-order chi connectivity index (χ0) is 22.8. The Morgan fingerprint density at radius 3 is 3.06 bits per heavy atom. The Bertz CT molecular complexity index is 1270. The number of nitrogens with one attached hydrogen (secondary N) is 2. The molecule has 0 unspecified atom stereocenters. The smallest absolute Gasteiger partial charge is 0.258 e. The van der Waals surface area contributed by atoms with Gasteiger partial charge < -0.3 is 25.7 Å². The van der Waals surface area contributed by atoms with E-state index in [9.17, 15) is 4.79 Å². The van der Waals surface area contributed by atoms with E-state index in [-0.39, 0.29) is 11.9 Å². The third-order valence-electron chi connectivity index (χ3n) is 5.85. The highest BCUT2D eigenvalue weighted by Gasteiger charge is 2.25. The predicted molar refractivity (Wildman–Crippen MR) is 126 cm³/mol. The maximum absolute atomic E-state index is 13.0. The monoisotopic (exact) mass is 446 g/mol. The first-order chi connectivity index (χ1) is 16.1. The van der Waals surface area contributed by atoms with Gasteiger partial charge in [0.15, 0.2) is 5.75 Å². The van der Waals surface area contributed by atoms with E-state index in [4.69, 9.17) is 10.5 Å². The molecule has 5 rings (SSSR count). The zero-order valence-electron chi connectivity index (χ0n) is 18.4. The van der Waals surface area contributed by atoms with Crippen LogP contribution >= 0.6 is 0 Å². The number of aromatic nitrogens is 5. The number of ether oxygens (including phenoxy) is 1. The number of carbonyl (C=O) groups is 1. The standard InChI is InChI=1S/C23H26N8O2/c1-33-19-11-27-22-20(21(19)30-7-3-5-17(24)14-30)18(10-26-22)29-23(32)16-9-28-31(13-16)12-15-4-2-6-25-8-15/h2,4,6,8-11,13,17H,3,5,7,12,14,24H2,1H3,(H,26,27)(H,29,32)/t17-/m1/s1. The highest BCUT2D eigenvalue weighted by atomic mass is 16.5. The molecule has 4 aromatic heterocycles. The fourth-order valence-corrected chi connectivity index (χ4v) is 4.28. The van der Waals surface area contributed by atoms with Gasteiger partial charge in [-0.3, -0.25) is 14.5 Å². The summed E-state index contributed by atoms with van der Waals surface area (Å²) in [7, 11) is 1.62. The molecule has 1 atom stereocenters. The van der Waals surface area contributed by atoms with E-state index in [1.165, 1.54) is 0 Å². The van der Waals surface area contributed by atoms with Crippen LogP contribution in [0.2, 0.25) is 0 Å². The van der Waals surface area contributed by atoms with Gasteiger partial charge in [-0.1, -0.05) is 6.07 Å². The number of amides is 1. The molecule has 0 radical (unpaired) electrons. The molecule has 0 aromatic carbocycles. The van der Waals surface area contributed by atoms with Crippen molar-refractivity contribution in [1.82, 2.24) is 24.7 Å². The van der Waals surface area contributed by atoms with Crippen LogP contribution in [0.15, 0.2) is 49.3 Å². The third kappa shape index (κ3) is 4.24. The highest BCUT2D eigenvalue weighted by molar-refractivity contribution is 6.12. The Morgan fingerprint density at radius 1 is 1.36 bits per heavy atom. The Morgan fingerprint density at radius 2 is 2.27 bits per heavy atom. The summed E-state index contributed by atoms with van der Waals surface area (Å²) in [4.78, 5) is 27.0. The van der Waals surface area contributed by atoms with Crippen molar-refractivity contribution in [2.45, 2.75) is 25.4 Å². The summed E-state index contributed by atoms with van der Waals surface area (Å²) in [5, 5.41) is 8.13. The normalized spacial score (nSPS) is 16.2. The van der Waals surface area contributed by atoms with Crippen LogP contribution < -0.4 is 20.7 Å². The SMILES string of the molecule is COc1cnc2[nH]cc(NC(=O)c3cnn(Cc4cccnc4)c3)c2c1N1CCC[C@@H](N)C1. The second-order valence-electron chi connectivity index (χ2n) is 8.19. The number of pyridine rings is 2. The summed E-state index contributed by atoms with van der Waals surface area (Å²) in [6, 6.07) is 3.93. The van der Waals surface area contributed by atoms with Gasteiger partial charge >= 0.3 is 0 Å². The van der Waals surface area contributed by atoms with Crippen LogP contribution in [-0.4, -0.2) is 56.9 Å². The number of anilines is 2. The van der Waals surface area contributed by atoms with Gasteiger partial charge in [-0.2, -0.15) is 5.10 Å². The van der Waals surface area contributed by atoms with E-state index < -0.39 is 0 Å². The van der Waals surface area contributed by atoms with Crippen LogP contribution in [0.3, 0.4) is 0 Å². The average molecular weight is 447 g/mol. The fourth-order valence-electron chi connectivity index (χ4n) is 4.28. The minimum atomic E-state index is -0.252. The molecule has 4 N–H and O–H groups in total. The van der Waals surface area contributed by atoms with Crippen LogP contribution in [0, 0.1) is 0 Å². The minimum Gasteiger partial charge on any atom is -0.493 e. The number of nitrogens with zero attached hydrogens (tertiary/aromatic N) is 5. The van der Waals surface area contributed by atoms with Gasteiger partial charge in [0.2, 0.25) is 0 Å². The van der Waals surface area contributed by atoms with Crippen LogP contribution in [-0.2, 0) is 6.54 Å². The number of hydrogen-bond acceptors (Lipinski definition) is 7. The van der Waals surface area contributed by atoms with Crippen molar-refractivity contribution in [3.8, 4) is 5.75 Å². The zero-order valence-corrected chi connectivity index (χ0v) is 18.4. The van der Waals surface area contributed by atoms with Gasteiger partial charge in [-0.05, 0) is 24.5 Å².